The fraction of sp³-hybridized carbons (Fsp3) is 0.240. The molecule has 36 heavy (non-hydrogen) atoms. The average molecular weight is 496 g/mol. The minimum atomic E-state index is -4.57. The summed E-state index contributed by atoms with van der Waals surface area (Å²) < 4.78 is 45.6. The highest BCUT2D eigenvalue weighted by Gasteiger charge is 2.47. The zero-order valence-electron chi connectivity index (χ0n) is 19.5. The largest absolute Gasteiger partial charge is 0.410 e. The van der Waals surface area contributed by atoms with Crippen LogP contribution in [0.15, 0.2) is 71.7 Å². The van der Waals surface area contributed by atoms with Crippen LogP contribution in [0.3, 0.4) is 0 Å². The van der Waals surface area contributed by atoms with Crippen LogP contribution in [0.2, 0.25) is 0 Å². The highest BCUT2D eigenvalue weighted by atomic mass is 19.4. The molecule has 0 saturated carbocycles. The Balaban J connectivity index is 1.51. The summed E-state index contributed by atoms with van der Waals surface area (Å²) in [4.78, 5) is 26.4. The summed E-state index contributed by atoms with van der Waals surface area (Å²) >= 11 is 0. The van der Waals surface area contributed by atoms with Crippen molar-refractivity contribution in [3.05, 3.63) is 94.0 Å². The fourth-order valence-electron chi connectivity index (χ4n) is 4.53. The molecule has 2 aromatic heterocycles. The summed E-state index contributed by atoms with van der Waals surface area (Å²) in [6, 6.07) is 15.0. The normalized spacial score (nSPS) is 17.4. The van der Waals surface area contributed by atoms with Crippen LogP contribution in [-0.4, -0.2) is 31.2 Å². The Morgan fingerprint density at radius 3 is 2.36 bits per heavy atom. The predicted octanol–water partition coefficient (Wildman–Crippen LogP) is 4.59. The van der Waals surface area contributed by atoms with Gasteiger partial charge in [-0.2, -0.15) is 18.3 Å². The number of hydrogen-bond donors (Lipinski definition) is 2. The molecule has 1 aliphatic rings. The number of carbonyl (C=O) groups excluding carboxylic acids is 1. The van der Waals surface area contributed by atoms with Crippen LogP contribution in [0.25, 0.3) is 5.69 Å². The van der Waals surface area contributed by atoms with E-state index in [4.69, 9.17) is 0 Å². The number of para-hydroxylation sites is 1. The third-order valence-corrected chi connectivity index (χ3v) is 6.48. The first-order chi connectivity index (χ1) is 17.2. The van der Waals surface area contributed by atoms with Crippen LogP contribution in [0, 0.1) is 6.92 Å². The van der Waals surface area contributed by atoms with Crippen LogP contribution < -0.4 is 16.2 Å². The molecule has 1 amide bonds. The van der Waals surface area contributed by atoms with E-state index in [-0.39, 0.29) is 23.5 Å². The van der Waals surface area contributed by atoms with E-state index >= 15 is 0 Å². The topological polar surface area (TPSA) is 85.9 Å². The lowest BCUT2D eigenvalue weighted by Crippen LogP contribution is -2.36. The van der Waals surface area contributed by atoms with E-state index in [0.29, 0.717) is 16.9 Å². The van der Waals surface area contributed by atoms with E-state index in [9.17, 15) is 22.8 Å². The molecule has 11 heteroatoms. The van der Waals surface area contributed by atoms with Crippen LogP contribution in [0.4, 0.5) is 24.7 Å². The van der Waals surface area contributed by atoms with Crippen LogP contribution in [0.1, 0.15) is 40.1 Å². The molecule has 1 aliphatic heterocycles. The van der Waals surface area contributed by atoms with Crippen LogP contribution in [-0.2, 0) is 7.05 Å². The van der Waals surface area contributed by atoms with Gasteiger partial charge in [-0.15, -0.1) is 0 Å². The van der Waals surface area contributed by atoms with Crippen molar-refractivity contribution in [3.8, 4) is 5.69 Å². The maximum Gasteiger partial charge on any atom is 0.410 e. The van der Waals surface area contributed by atoms with Crippen molar-refractivity contribution in [2.45, 2.75) is 31.6 Å². The number of nitrogens with one attached hydrogen (secondary N) is 2. The quantitative estimate of drug-likeness (QED) is 0.433. The molecule has 0 bridgehead atoms. The van der Waals surface area contributed by atoms with Crippen molar-refractivity contribution in [1.29, 1.82) is 0 Å². The maximum absolute atomic E-state index is 13.9. The van der Waals surface area contributed by atoms with Gasteiger partial charge in [0.05, 0.1) is 23.6 Å². The summed E-state index contributed by atoms with van der Waals surface area (Å²) in [7, 11) is 1.68. The third-order valence-electron chi connectivity index (χ3n) is 6.48. The summed E-state index contributed by atoms with van der Waals surface area (Å²) in [6.45, 7) is 1.67. The smallest absolute Gasteiger partial charge is 0.363 e. The van der Waals surface area contributed by atoms with Crippen molar-refractivity contribution in [2.75, 3.05) is 10.6 Å². The molecule has 5 rings (SSSR count). The summed E-state index contributed by atoms with van der Waals surface area (Å²) in [5, 5.41) is 9.55. The SMILES string of the molecule is Cc1c(NC(=O)c2cnn3c2N[C@@H](c2ccccc2)C[C@H]3C(F)(F)F)c(=O)n(-c2ccccc2)n1C. The van der Waals surface area contributed by atoms with E-state index in [1.807, 2.05) is 6.07 Å². The first-order valence-electron chi connectivity index (χ1n) is 11.3. The number of carbonyl (C=O) groups is 1. The molecule has 2 aromatic carbocycles. The molecule has 0 fully saturated rings. The monoisotopic (exact) mass is 496 g/mol. The Hall–Kier alpha value is -4.28. The van der Waals surface area contributed by atoms with Crippen molar-refractivity contribution in [2.24, 2.45) is 7.05 Å². The number of aromatic nitrogens is 4. The van der Waals surface area contributed by atoms with Gasteiger partial charge in [0.15, 0.2) is 6.04 Å². The van der Waals surface area contributed by atoms with E-state index in [1.165, 1.54) is 4.68 Å². The molecule has 0 spiro atoms. The number of alkyl halides is 3. The standard InChI is InChI=1S/C25H23F3N6O2/c1-15-21(24(36)34(32(15)2)17-11-7-4-8-12-17)31-23(35)18-14-29-33-20(25(26,27)28)13-19(30-22(18)33)16-9-5-3-6-10-16/h3-12,14,19-20,30H,13H2,1-2H3,(H,31,35)/t19-,20+/m1/s1. The molecular formula is C25H23F3N6O2. The van der Waals surface area contributed by atoms with Gasteiger partial charge in [-0.3, -0.25) is 14.3 Å². The van der Waals surface area contributed by atoms with Gasteiger partial charge in [-0.25, -0.2) is 9.36 Å². The van der Waals surface area contributed by atoms with E-state index in [0.717, 1.165) is 10.9 Å². The predicted molar refractivity (Wildman–Crippen MR) is 128 cm³/mol. The van der Waals surface area contributed by atoms with Gasteiger partial charge in [-0.05, 0) is 24.6 Å². The molecule has 186 valence electrons. The van der Waals surface area contributed by atoms with Gasteiger partial charge >= 0.3 is 6.18 Å². The van der Waals surface area contributed by atoms with E-state index in [2.05, 4.69) is 15.7 Å². The molecule has 2 N–H and O–H groups in total. The van der Waals surface area contributed by atoms with Gasteiger partial charge in [0.2, 0.25) is 0 Å². The number of rotatable bonds is 4. The van der Waals surface area contributed by atoms with Crippen molar-refractivity contribution in [1.82, 2.24) is 19.1 Å². The Morgan fingerprint density at radius 2 is 1.72 bits per heavy atom. The molecule has 0 unspecified atom stereocenters. The lowest BCUT2D eigenvalue weighted by molar-refractivity contribution is -0.173. The second-order valence-corrected chi connectivity index (χ2v) is 8.64. The van der Waals surface area contributed by atoms with E-state index in [1.54, 1.807) is 73.3 Å². The summed E-state index contributed by atoms with van der Waals surface area (Å²) in [5.41, 5.74) is 1.25. The minimum absolute atomic E-state index is 0.0362. The Bertz CT molecular complexity index is 1470. The lowest BCUT2D eigenvalue weighted by atomic mass is 9.96. The van der Waals surface area contributed by atoms with Crippen LogP contribution >= 0.6 is 0 Å². The zero-order chi connectivity index (χ0) is 25.6. The number of nitrogens with zero attached hydrogens (tertiary/aromatic N) is 4. The molecule has 8 nitrogen and oxygen atoms in total. The zero-order valence-corrected chi connectivity index (χ0v) is 19.5. The molecule has 0 aliphatic carbocycles. The number of benzene rings is 2. The number of anilines is 2. The van der Waals surface area contributed by atoms with Crippen molar-refractivity contribution >= 4 is 17.4 Å². The molecule has 0 radical (unpaired) electrons. The van der Waals surface area contributed by atoms with Crippen molar-refractivity contribution < 1.29 is 18.0 Å². The molecular weight excluding hydrogens is 473 g/mol. The Labute approximate surface area is 203 Å². The molecule has 3 heterocycles. The van der Waals surface area contributed by atoms with Crippen LogP contribution in [0.5, 0.6) is 0 Å². The van der Waals surface area contributed by atoms with Gasteiger partial charge in [0.1, 0.15) is 17.1 Å². The average Bonchev–Trinajstić information content (AvgIpc) is 3.38. The van der Waals surface area contributed by atoms with Gasteiger partial charge in [0.25, 0.3) is 11.5 Å². The summed E-state index contributed by atoms with van der Waals surface area (Å²) in [6.07, 6.45) is -3.75. The number of halogens is 3. The Kier molecular flexibility index (Phi) is 5.70. The number of fused-ring (bicyclic) bond motifs is 1. The molecule has 4 aromatic rings. The minimum Gasteiger partial charge on any atom is -0.363 e. The molecule has 0 saturated heterocycles. The highest BCUT2D eigenvalue weighted by molar-refractivity contribution is 6.07. The lowest BCUT2D eigenvalue weighted by Gasteiger charge is -2.34. The van der Waals surface area contributed by atoms with E-state index < -0.39 is 29.7 Å². The summed E-state index contributed by atoms with van der Waals surface area (Å²) in [5.74, 6) is -0.781. The van der Waals surface area contributed by atoms with Crippen molar-refractivity contribution in [3.63, 3.8) is 0 Å². The third kappa shape index (κ3) is 3.96. The van der Waals surface area contributed by atoms with Gasteiger partial charge < -0.3 is 10.6 Å². The first-order valence-corrected chi connectivity index (χ1v) is 11.3. The fourth-order valence-corrected chi connectivity index (χ4v) is 4.53. The van der Waals surface area contributed by atoms with Gasteiger partial charge in [0, 0.05) is 13.5 Å². The number of hydrogen-bond acceptors (Lipinski definition) is 4. The number of amides is 1. The van der Waals surface area contributed by atoms with Gasteiger partial charge in [-0.1, -0.05) is 48.5 Å². The maximum atomic E-state index is 13.9. The highest BCUT2D eigenvalue weighted by Crippen LogP contribution is 2.44. The second kappa shape index (κ2) is 8.74. The second-order valence-electron chi connectivity index (χ2n) is 8.64. The Morgan fingerprint density at radius 1 is 1.08 bits per heavy atom. The molecule has 2 atom stereocenters. The first kappa shape index (κ1) is 23.5.